The molecule has 0 saturated carbocycles. The van der Waals surface area contributed by atoms with Crippen molar-refractivity contribution in [1.82, 2.24) is 20.9 Å². The first kappa shape index (κ1) is 15.0. The van der Waals surface area contributed by atoms with Gasteiger partial charge in [0, 0.05) is 30.6 Å². The Labute approximate surface area is 122 Å². The molecule has 110 valence electrons. The average molecular weight is 296 g/mol. The molecule has 0 bridgehead atoms. The Bertz CT molecular complexity index is 449. The predicted octanol–water partition coefficient (Wildman–Crippen LogP) is 0.368. The van der Waals surface area contributed by atoms with E-state index in [0.717, 1.165) is 24.5 Å². The largest absolute Gasteiger partial charge is 0.333 e. The van der Waals surface area contributed by atoms with E-state index in [2.05, 4.69) is 27.8 Å². The number of urea groups is 1. The number of nitrogens with one attached hydrogen (secondary N) is 3. The van der Waals surface area contributed by atoms with Crippen LogP contribution in [0.5, 0.6) is 0 Å². The number of hydrogen-bond acceptors (Lipinski definition) is 5. The zero-order valence-corrected chi connectivity index (χ0v) is 12.3. The number of piperazine rings is 1. The van der Waals surface area contributed by atoms with Crippen molar-refractivity contribution in [2.75, 3.05) is 26.2 Å². The van der Waals surface area contributed by atoms with Gasteiger partial charge in [-0.1, -0.05) is 6.07 Å². The lowest BCUT2D eigenvalue weighted by molar-refractivity contribution is -0.121. The summed E-state index contributed by atoms with van der Waals surface area (Å²) in [5.74, 6) is -0.262. The van der Waals surface area contributed by atoms with Gasteiger partial charge in [0.05, 0.1) is 13.1 Å². The van der Waals surface area contributed by atoms with E-state index in [1.807, 2.05) is 17.5 Å². The molecule has 2 rings (SSSR count). The molecular weight excluding hydrogens is 276 g/mol. The molecule has 1 saturated heterocycles. The zero-order chi connectivity index (χ0) is 14.4. The number of hydrogen-bond donors (Lipinski definition) is 3. The molecule has 0 aromatic carbocycles. The standard InChI is InChI=1S/C13H20N4O2S/c1-10-7-14-4-5-17(10)9-12(18)16-13(19)15-8-11-3-2-6-20-11/h2-3,6,10,14H,4-5,7-9H2,1H3,(H2,15,16,18,19)/t10-/m0/s1. The van der Waals surface area contributed by atoms with Gasteiger partial charge < -0.3 is 10.6 Å². The van der Waals surface area contributed by atoms with Gasteiger partial charge in [0.1, 0.15) is 0 Å². The van der Waals surface area contributed by atoms with Gasteiger partial charge in [0.15, 0.2) is 0 Å². The van der Waals surface area contributed by atoms with E-state index in [0.29, 0.717) is 12.6 Å². The van der Waals surface area contributed by atoms with Crippen molar-refractivity contribution in [2.24, 2.45) is 0 Å². The summed E-state index contributed by atoms with van der Waals surface area (Å²) in [6.45, 7) is 5.35. The first-order chi connectivity index (χ1) is 9.65. The lowest BCUT2D eigenvalue weighted by Crippen LogP contribution is -2.53. The van der Waals surface area contributed by atoms with Gasteiger partial charge in [0.25, 0.3) is 0 Å². The van der Waals surface area contributed by atoms with Crippen molar-refractivity contribution in [1.29, 1.82) is 0 Å². The van der Waals surface area contributed by atoms with Gasteiger partial charge in [-0.25, -0.2) is 4.79 Å². The molecule has 20 heavy (non-hydrogen) atoms. The van der Waals surface area contributed by atoms with E-state index in [-0.39, 0.29) is 12.5 Å². The quantitative estimate of drug-likeness (QED) is 0.750. The maximum atomic E-state index is 11.8. The summed E-state index contributed by atoms with van der Waals surface area (Å²) in [5, 5.41) is 10.3. The van der Waals surface area contributed by atoms with Gasteiger partial charge in [-0.15, -0.1) is 11.3 Å². The highest BCUT2D eigenvalue weighted by Crippen LogP contribution is 2.07. The SMILES string of the molecule is C[C@H]1CNCCN1CC(=O)NC(=O)NCc1cccs1. The third-order valence-electron chi connectivity index (χ3n) is 3.24. The highest BCUT2D eigenvalue weighted by molar-refractivity contribution is 7.09. The summed E-state index contributed by atoms with van der Waals surface area (Å²) >= 11 is 1.57. The fourth-order valence-corrected chi connectivity index (χ4v) is 2.74. The number of amides is 3. The molecule has 2 heterocycles. The van der Waals surface area contributed by atoms with Crippen LogP contribution in [-0.4, -0.2) is 49.1 Å². The van der Waals surface area contributed by atoms with Crippen LogP contribution in [0.4, 0.5) is 4.79 Å². The molecule has 3 N–H and O–H groups in total. The monoisotopic (exact) mass is 296 g/mol. The van der Waals surface area contributed by atoms with Crippen LogP contribution >= 0.6 is 11.3 Å². The number of imide groups is 1. The minimum Gasteiger partial charge on any atom is -0.333 e. The summed E-state index contributed by atoms with van der Waals surface area (Å²) in [6, 6.07) is 3.74. The molecule has 7 heteroatoms. The minimum absolute atomic E-state index is 0.259. The lowest BCUT2D eigenvalue weighted by Gasteiger charge is -2.33. The van der Waals surface area contributed by atoms with Crippen molar-refractivity contribution in [3.63, 3.8) is 0 Å². The molecule has 6 nitrogen and oxygen atoms in total. The molecule has 1 fully saturated rings. The summed E-state index contributed by atoms with van der Waals surface area (Å²) in [4.78, 5) is 26.5. The molecule has 1 atom stereocenters. The van der Waals surface area contributed by atoms with Gasteiger partial charge in [0.2, 0.25) is 5.91 Å². The fourth-order valence-electron chi connectivity index (χ4n) is 2.09. The van der Waals surface area contributed by atoms with E-state index in [1.165, 1.54) is 0 Å². The molecule has 3 amide bonds. The Morgan fingerprint density at radius 3 is 3.10 bits per heavy atom. The highest BCUT2D eigenvalue weighted by atomic mass is 32.1. The second-order valence-electron chi connectivity index (χ2n) is 4.83. The van der Waals surface area contributed by atoms with Crippen LogP contribution in [0.2, 0.25) is 0 Å². The van der Waals surface area contributed by atoms with Gasteiger partial charge in [-0.05, 0) is 18.4 Å². The number of carbonyl (C=O) groups is 2. The van der Waals surface area contributed by atoms with Crippen LogP contribution in [0, 0.1) is 0 Å². The first-order valence-electron chi connectivity index (χ1n) is 6.70. The van der Waals surface area contributed by atoms with E-state index >= 15 is 0 Å². The Morgan fingerprint density at radius 1 is 1.55 bits per heavy atom. The van der Waals surface area contributed by atoms with Crippen LogP contribution in [0.3, 0.4) is 0 Å². The van der Waals surface area contributed by atoms with E-state index in [9.17, 15) is 9.59 Å². The third kappa shape index (κ3) is 4.59. The first-order valence-corrected chi connectivity index (χ1v) is 7.58. The Hall–Kier alpha value is -1.44. The lowest BCUT2D eigenvalue weighted by atomic mass is 10.2. The molecule has 0 spiro atoms. The molecule has 0 aliphatic carbocycles. The molecule has 0 unspecified atom stereocenters. The molecule has 1 aliphatic heterocycles. The van der Waals surface area contributed by atoms with Gasteiger partial charge >= 0.3 is 6.03 Å². The van der Waals surface area contributed by atoms with E-state index < -0.39 is 6.03 Å². The number of nitrogens with zero attached hydrogens (tertiary/aromatic N) is 1. The number of rotatable bonds is 4. The van der Waals surface area contributed by atoms with Crippen molar-refractivity contribution in [3.8, 4) is 0 Å². The maximum absolute atomic E-state index is 11.8. The molecule has 1 aromatic heterocycles. The molecule has 1 aliphatic rings. The Kier molecular flexibility index (Phi) is 5.51. The second kappa shape index (κ2) is 7.37. The average Bonchev–Trinajstić information content (AvgIpc) is 2.92. The Balaban J connectivity index is 1.69. The summed E-state index contributed by atoms with van der Waals surface area (Å²) in [5.41, 5.74) is 0. The third-order valence-corrected chi connectivity index (χ3v) is 4.12. The molecule has 1 aromatic rings. The van der Waals surface area contributed by atoms with Crippen LogP contribution in [0.15, 0.2) is 17.5 Å². The smallest absolute Gasteiger partial charge is 0.321 e. The topological polar surface area (TPSA) is 73.5 Å². The van der Waals surface area contributed by atoms with Crippen LogP contribution < -0.4 is 16.0 Å². The summed E-state index contributed by atoms with van der Waals surface area (Å²) in [6.07, 6.45) is 0. The van der Waals surface area contributed by atoms with E-state index in [4.69, 9.17) is 0 Å². The van der Waals surface area contributed by atoms with Crippen LogP contribution in [0.25, 0.3) is 0 Å². The van der Waals surface area contributed by atoms with E-state index in [1.54, 1.807) is 11.3 Å². The van der Waals surface area contributed by atoms with Crippen LogP contribution in [-0.2, 0) is 11.3 Å². The van der Waals surface area contributed by atoms with Gasteiger partial charge in [-0.2, -0.15) is 0 Å². The van der Waals surface area contributed by atoms with Crippen LogP contribution in [0.1, 0.15) is 11.8 Å². The molecule has 0 radical (unpaired) electrons. The minimum atomic E-state index is -0.439. The maximum Gasteiger partial charge on any atom is 0.321 e. The summed E-state index contributed by atoms with van der Waals surface area (Å²) in [7, 11) is 0. The predicted molar refractivity (Wildman–Crippen MR) is 78.6 cm³/mol. The summed E-state index contributed by atoms with van der Waals surface area (Å²) < 4.78 is 0. The highest BCUT2D eigenvalue weighted by Gasteiger charge is 2.20. The Morgan fingerprint density at radius 2 is 2.40 bits per heavy atom. The van der Waals surface area contributed by atoms with Crippen molar-refractivity contribution < 1.29 is 9.59 Å². The molecular formula is C13H20N4O2S. The zero-order valence-electron chi connectivity index (χ0n) is 11.5. The fraction of sp³-hybridized carbons (Fsp3) is 0.538. The normalized spacial score (nSPS) is 19.6. The van der Waals surface area contributed by atoms with Crippen molar-refractivity contribution in [3.05, 3.63) is 22.4 Å². The number of thiophene rings is 1. The second-order valence-corrected chi connectivity index (χ2v) is 5.87. The van der Waals surface area contributed by atoms with Crippen molar-refractivity contribution in [2.45, 2.75) is 19.5 Å². The van der Waals surface area contributed by atoms with Crippen molar-refractivity contribution >= 4 is 23.3 Å². The van der Waals surface area contributed by atoms with Gasteiger partial charge in [-0.3, -0.25) is 15.0 Å². The number of carbonyl (C=O) groups excluding carboxylic acids is 2.